The Kier molecular flexibility index (Phi) is 2.21. The van der Waals surface area contributed by atoms with E-state index in [1.807, 2.05) is 31.3 Å². The van der Waals surface area contributed by atoms with E-state index in [2.05, 4.69) is 17.2 Å². The van der Waals surface area contributed by atoms with E-state index in [9.17, 15) is 4.79 Å². The molecule has 0 aliphatic carbocycles. The number of hydrogen-bond donors (Lipinski definition) is 0. The number of nitrogens with zero attached hydrogens (tertiary/aromatic N) is 3. The molecule has 4 nitrogen and oxygen atoms in total. The van der Waals surface area contributed by atoms with Crippen molar-refractivity contribution in [1.29, 1.82) is 0 Å². The first-order chi connectivity index (χ1) is 8.29. The molecule has 3 rings (SSSR count). The molecular formula is C13H13N3O. The quantitative estimate of drug-likeness (QED) is 0.633. The minimum absolute atomic E-state index is 0.0634. The number of rotatable bonds is 1. The molecule has 17 heavy (non-hydrogen) atoms. The van der Waals surface area contributed by atoms with Crippen molar-refractivity contribution in [1.82, 2.24) is 14.3 Å². The predicted octanol–water partition coefficient (Wildman–Crippen LogP) is 1.60. The molecule has 0 unspecified atom stereocenters. The van der Waals surface area contributed by atoms with E-state index in [1.165, 1.54) is 10.2 Å². The summed E-state index contributed by atoms with van der Waals surface area (Å²) in [6.45, 7) is 2.53. The van der Waals surface area contributed by atoms with Gasteiger partial charge in [-0.1, -0.05) is 24.3 Å². The fourth-order valence-electron chi connectivity index (χ4n) is 2.12. The zero-order valence-corrected chi connectivity index (χ0v) is 9.63. The average molecular weight is 227 g/mol. The summed E-state index contributed by atoms with van der Waals surface area (Å²) in [5.41, 5.74) is 2.29. The summed E-state index contributed by atoms with van der Waals surface area (Å²) in [7, 11) is 0. The van der Waals surface area contributed by atoms with Crippen molar-refractivity contribution in [3.8, 4) is 0 Å². The van der Waals surface area contributed by atoms with Crippen molar-refractivity contribution in [2.45, 2.75) is 19.9 Å². The van der Waals surface area contributed by atoms with Gasteiger partial charge in [0, 0.05) is 19.2 Å². The first-order valence-corrected chi connectivity index (χ1v) is 5.74. The normalized spacial score (nSPS) is 13.0. The second-order valence-electron chi connectivity index (χ2n) is 4.08. The van der Waals surface area contributed by atoms with Gasteiger partial charge in [0.1, 0.15) is 5.82 Å². The van der Waals surface area contributed by atoms with Crippen molar-refractivity contribution in [3.05, 3.63) is 51.7 Å². The molecule has 0 fully saturated rings. The van der Waals surface area contributed by atoms with Gasteiger partial charge in [0.2, 0.25) is 0 Å². The summed E-state index contributed by atoms with van der Waals surface area (Å²) >= 11 is 0. The van der Waals surface area contributed by atoms with Crippen molar-refractivity contribution < 1.29 is 0 Å². The number of aryl methyl sites for hydroxylation is 1. The Morgan fingerprint density at radius 1 is 1.35 bits per heavy atom. The molecule has 86 valence electrons. The molecule has 0 atom stereocenters. The fraction of sp³-hybridized carbons (Fsp3) is 0.231. The van der Waals surface area contributed by atoms with E-state index in [-0.39, 0.29) is 5.69 Å². The van der Waals surface area contributed by atoms with E-state index in [4.69, 9.17) is 0 Å². The molecule has 4 heteroatoms. The zero-order chi connectivity index (χ0) is 11.8. The summed E-state index contributed by atoms with van der Waals surface area (Å²) in [6.07, 6.45) is 4.48. The van der Waals surface area contributed by atoms with Gasteiger partial charge in [0.15, 0.2) is 0 Å². The topological polar surface area (TPSA) is 39.8 Å². The molecule has 1 aliphatic rings. The Balaban J connectivity index is 2.19. The number of benzene rings is 1. The Labute approximate surface area is 98.8 Å². The van der Waals surface area contributed by atoms with E-state index >= 15 is 0 Å². The standard InChI is InChI=1S/C13H13N3O/c1-2-16-13(17)15-8-7-10-5-3-4-6-11(10)9-12(15)14-16/h3-8H,2,9H2,1H3. The van der Waals surface area contributed by atoms with Gasteiger partial charge < -0.3 is 0 Å². The van der Waals surface area contributed by atoms with Crippen LogP contribution in [0.25, 0.3) is 12.3 Å². The van der Waals surface area contributed by atoms with Crippen LogP contribution in [-0.4, -0.2) is 14.3 Å². The van der Waals surface area contributed by atoms with Gasteiger partial charge in [0.25, 0.3) is 0 Å². The van der Waals surface area contributed by atoms with Crippen LogP contribution in [0.4, 0.5) is 0 Å². The Hall–Kier alpha value is -2.10. The van der Waals surface area contributed by atoms with Gasteiger partial charge in [-0.05, 0) is 24.1 Å². The smallest absolute Gasteiger partial charge is 0.253 e. The van der Waals surface area contributed by atoms with E-state index in [0.717, 1.165) is 11.4 Å². The molecule has 0 N–H and O–H groups in total. The van der Waals surface area contributed by atoms with Crippen LogP contribution in [-0.2, 0) is 13.0 Å². The molecule has 2 heterocycles. The first kappa shape index (κ1) is 10.1. The lowest BCUT2D eigenvalue weighted by atomic mass is 10.1. The highest BCUT2D eigenvalue weighted by molar-refractivity contribution is 5.65. The van der Waals surface area contributed by atoms with Crippen LogP contribution in [0.5, 0.6) is 0 Å². The SMILES string of the molecule is CCn1nc2n(c1=O)C=Cc1ccccc1C2. The molecule has 1 aromatic heterocycles. The molecule has 0 bridgehead atoms. The molecule has 1 aliphatic heterocycles. The van der Waals surface area contributed by atoms with Crippen molar-refractivity contribution >= 4 is 12.3 Å². The average Bonchev–Trinajstić information content (AvgIpc) is 2.55. The highest BCUT2D eigenvalue weighted by Gasteiger charge is 2.14. The maximum Gasteiger partial charge on any atom is 0.350 e. The van der Waals surface area contributed by atoms with Gasteiger partial charge in [-0.3, -0.25) is 4.57 Å². The molecule has 0 radical (unpaired) electrons. The van der Waals surface area contributed by atoms with Crippen molar-refractivity contribution in [2.75, 3.05) is 0 Å². The second-order valence-corrected chi connectivity index (χ2v) is 4.08. The summed E-state index contributed by atoms with van der Waals surface area (Å²) in [5, 5.41) is 4.34. The van der Waals surface area contributed by atoms with E-state index in [0.29, 0.717) is 13.0 Å². The number of fused-ring (bicyclic) bond motifs is 2. The van der Waals surface area contributed by atoms with Crippen LogP contribution in [0, 0.1) is 0 Å². The summed E-state index contributed by atoms with van der Waals surface area (Å²) < 4.78 is 3.12. The zero-order valence-electron chi connectivity index (χ0n) is 9.63. The van der Waals surface area contributed by atoms with Gasteiger partial charge in [-0.25, -0.2) is 9.48 Å². The van der Waals surface area contributed by atoms with Crippen molar-refractivity contribution in [2.24, 2.45) is 0 Å². The van der Waals surface area contributed by atoms with Gasteiger partial charge >= 0.3 is 5.69 Å². The van der Waals surface area contributed by atoms with Crippen LogP contribution in [0.1, 0.15) is 23.9 Å². The van der Waals surface area contributed by atoms with Crippen LogP contribution in [0.3, 0.4) is 0 Å². The highest BCUT2D eigenvalue weighted by atomic mass is 16.2. The summed E-state index contributed by atoms with van der Waals surface area (Å²) in [4.78, 5) is 12.0. The predicted molar refractivity (Wildman–Crippen MR) is 66.6 cm³/mol. The lowest BCUT2D eigenvalue weighted by molar-refractivity contribution is 0.625. The van der Waals surface area contributed by atoms with Crippen molar-refractivity contribution in [3.63, 3.8) is 0 Å². The van der Waals surface area contributed by atoms with Crippen LogP contribution in [0.15, 0.2) is 29.1 Å². The monoisotopic (exact) mass is 227 g/mol. The van der Waals surface area contributed by atoms with Gasteiger partial charge in [-0.2, -0.15) is 5.10 Å². The first-order valence-electron chi connectivity index (χ1n) is 5.74. The summed E-state index contributed by atoms with van der Waals surface area (Å²) in [6, 6.07) is 8.14. The molecular weight excluding hydrogens is 214 g/mol. The fourth-order valence-corrected chi connectivity index (χ4v) is 2.12. The van der Waals surface area contributed by atoms with E-state index in [1.54, 1.807) is 4.57 Å². The van der Waals surface area contributed by atoms with Crippen LogP contribution >= 0.6 is 0 Å². The molecule has 1 aromatic carbocycles. The minimum Gasteiger partial charge on any atom is -0.253 e. The maximum atomic E-state index is 12.0. The Bertz CT molecular complexity index is 649. The molecule has 0 spiro atoms. The maximum absolute atomic E-state index is 12.0. The highest BCUT2D eigenvalue weighted by Crippen LogP contribution is 2.18. The Morgan fingerprint density at radius 2 is 2.18 bits per heavy atom. The minimum atomic E-state index is -0.0634. The number of aromatic nitrogens is 3. The third-order valence-corrected chi connectivity index (χ3v) is 3.05. The lowest BCUT2D eigenvalue weighted by Gasteiger charge is -2.01. The molecule has 2 aromatic rings. The third-order valence-electron chi connectivity index (χ3n) is 3.05. The van der Waals surface area contributed by atoms with Gasteiger partial charge in [-0.15, -0.1) is 0 Å². The van der Waals surface area contributed by atoms with Gasteiger partial charge in [0.05, 0.1) is 0 Å². The largest absolute Gasteiger partial charge is 0.350 e. The second kappa shape index (κ2) is 3.73. The van der Waals surface area contributed by atoms with Crippen LogP contribution < -0.4 is 5.69 Å². The number of hydrogen-bond acceptors (Lipinski definition) is 2. The lowest BCUT2D eigenvalue weighted by Crippen LogP contribution is -2.21. The molecule has 0 amide bonds. The van der Waals surface area contributed by atoms with Crippen LogP contribution in [0.2, 0.25) is 0 Å². The summed E-state index contributed by atoms with van der Waals surface area (Å²) in [5.74, 6) is 0.804. The van der Waals surface area contributed by atoms with E-state index < -0.39 is 0 Å². The third kappa shape index (κ3) is 1.53. The molecule has 0 saturated carbocycles. The molecule has 0 saturated heterocycles. The Morgan fingerprint density at radius 3 is 3.00 bits per heavy atom.